The van der Waals surface area contributed by atoms with Gasteiger partial charge in [0.2, 0.25) is 0 Å². The molecule has 24 heavy (non-hydrogen) atoms. The van der Waals surface area contributed by atoms with Gasteiger partial charge in [-0.05, 0) is 69.2 Å². The van der Waals surface area contributed by atoms with Crippen LogP contribution in [-0.2, 0) is 0 Å². The summed E-state index contributed by atoms with van der Waals surface area (Å²) in [5, 5.41) is 7.24. The standard InChI is InChI=1S/C20H26N2OS/c1-5-19(16-8-6-15(4)7-9-16)22-20(24)21-17-10-12-18(13-11-17)23-14(2)3/h6-14,19H,5H2,1-4H3,(H2,21,22,24)/t19-/m0/s1. The van der Waals surface area contributed by atoms with Crippen molar-refractivity contribution < 1.29 is 4.74 Å². The Hall–Kier alpha value is -2.07. The van der Waals surface area contributed by atoms with E-state index in [1.54, 1.807) is 0 Å². The zero-order chi connectivity index (χ0) is 17.5. The summed E-state index contributed by atoms with van der Waals surface area (Å²) in [6, 6.07) is 16.6. The maximum absolute atomic E-state index is 5.65. The third-order valence-corrected chi connectivity index (χ3v) is 3.90. The van der Waals surface area contributed by atoms with Gasteiger partial charge in [-0.25, -0.2) is 0 Å². The van der Waals surface area contributed by atoms with E-state index in [4.69, 9.17) is 17.0 Å². The van der Waals surface area contributed by atoms with Crippen molar-refractivity contribution in [1.29, 1.82) is 0 Å². The molecule has 2 aromatic carbocycles. The summed E-state index contributed by atoms with van der Waals surface area (Å²) < 4.78 is 5.65. The number of rotatable bonds is 6. The molecule has 0 amide bonds. The Bertz CT molecular complexity index is 650. The molecule has 0 radical (unpaired) electrons. The largest absolute Gasteiger partial charge is 0.491 e. The molecule has 2 rings (SSSR count). The molecule has 0 aliphatic carbocycles. The lowest BCUT2D eigenvalue weighted by molar-refractivity contribution is 0.242. The first-order chi connectivity index (χ1) is 11.5. The Morgan fingerprint density at radius 3 is 2.21 bits per heavy atom. The van der Waals surface area contributed by atoms with Crippen LogP contribution in [0.2, 0.25) is 0 Å². The van der Waals surface area contributed by atoms with Gasteiger partial charge in [0.1, 0.15) is 5.75 Å². The van der Waals surface area contributed by atoms with Crippen molar-refractivity contribution >= 4 is 23.0 Å². The number of benzene rings is 2. The fraction of sp³-hybridized carbons (Fsp3) is 0.350. The zero-order valence-electron chi connectivity index (χ0n) is 14.8. The third-order valence-electron chi connectivity index (χ3n) is 3.68. The Kier molecular flexibility index (Phi) is 6.62. The van der Waals surface area contributed by atoms with E-state index >= 15 is 0 Å². The topological polar surface area (TPSA) is 33.3 Å². The van der Waals surface area contributed by atoms with Gasteiger partial charge in [0, 0.05) is 5.69 Å². The predicted octanol–water partition coefficient (Wildman–Crippen LogP) is 5.22. The van der Waals surface area contributed by atoms with Gasteiger partial charge in [-0.1, -0.05) is 36.8 Å². The second-order valence-electron chi connectivity index (χ2n) is 6.16. The first kappa shape index (κ1) is 18.3. The van der Waals surface area contributed by atoms with Crippen molar-refractivity contribution in [3.05, 3.63) is 59.7 Å². The summed E-state index contributed by atoms with van der Waals surface area (Å²) in [4.78, 5) is 0. The highest BCUT2D eigenvalue weighted by molar-refractivity contribution is 7.80. The summed E-state index contributed by atoms with van der Waals surface area (Å²) in [5.74, 6) is 0.862. The van der Waals surface area contributed by atoms with Crippen molar-refractivity contribution in [2.45, 2.75) is 46.3 Å². The van der Waals surface area contributed by atoms with Crippen LogP contribution in [0.1, 0.15) is 44.4 Å². The molecule has 4 heteroatoms. The molecule has 3 nitrogen and oxygen atoms in total. The normalized spacial score (nSPS) is 11.9. The summed E-state index contributed by atoms with van der Waals surface area (Å²) in [6.45, 7) is 8.28. The maximum Gasteiger partial charge on any atom is 0.171 e. The van der Waals surface area contributed by atoms with Crippen LogP contribution in [0.25, 0.3) is 0 Å². The Morgan fingerprint density at radius 1 is 1.04 bits per heavy atom. The van der Waals surface area contributed by atoms with E-state index < -0.39 is 0 Å². The minimum Gasteiger partial charge on any atom is -0.491 e. The highest BCUT2D eigenvalue weighted by Gasteiger charge is 2.10. The monoisotopic (exact) mass is 342 g/mol. The van der Waals surface area contributed by atoms with Crippen molar-refractivity contribution in [1.82, 2.24) is 5.32 Å². The fourth-order valence-electron chi connectivity index (χ4n) is 2.43. The zero-order valence-corrected chi connectivity index (χ0v) is 15.6. The minimum atomic E-state index is 0.173. The van der Waals surface area contributed by atoms with E-state index in [-0.39, 0.29) is 12.1 Å². The molecule has 2 aromatic rings. The minimum absolute atomic E-state index is 0.173. The molecule has 0 spiro atoms. The molecule has 0 saturated carbocycles. The molecule has 1 atom stereocenters. The highest BCUT2D eigenvalue weighted by atomic mass is 32.1. The van der Waals surface area contributed by atoms with Crippen LogP contribution in [0.4, 0.5) is 5.69 Å². The van der Waals surface area contributed by atoms with Gasteiger partial charge in [0.05, 0.1) is 12.1 Å². The average molecular weight is 343 g/mol. The number of hydrogen-bond donors (Lipinski definition) is 2. The molecule has 0 aromatic heterocycles. The quantitative estimate of drug-likeness (QED) is 0.705. The Balaban J connectivity index is 1.94. The van der Waals surface area contributed by atoms with E-state index in [2.05, 4.69) is 48.7 Å². The SMILES string of the molecule is CC[C@H](NC(=S)Nc1ccc(OC(C)C)cc1)c1ccc(C)cc1. The second kappa shape index (κ2) is 8.69. The molecular formula is C20H26N2OS. The Labute approximate surface area is 150 Å². The lowest BCUT2D eigenvalue weighted by atomic mass is 10.0. The van der Waals surface area contributed by atoms with Gasteiger partial charge in [0.15, 0.2) is 5.11 Å². The molecule has 0 aliphatic heterocycles. The molecular weight excluding hydrogens is 316 g/mol. The van der Waals surface area contributed by atoms with Crippen LogP contribution in [0.3, 0.4) is 0 Å². The van der Waals surface area contributed by atoms with Gasteiger partial charge in [0.25, 0.3) is 0 Å². The summed E-state index contributed by atoms with van der Waals surface area (Å²) in [5.41, 5.74) is 3.45. The maximum atomic E-state index is 5.65. The number of aryl methyl sites for hydroxylation is 1. The van der Waals surface area contributed by atoms with Gasteiger partial charge in [-0.3, -0.25) is 0 Å². The van der Waals surface area contributed by atoms with Crippen molar-refractivity contribution in [2.24, 2.45) is 0 Å². The molecule has 0 fully saturated rings. The summed E-state index contributed by atoms with van der Waals surface area (Å²) in [7, 11) is 0. The first-order valence-corrected chi connectivity index (χ1v) is 8.79. The number of anilines is 1. The van der Waals surface area contributed by atoms with E-state index in [1.807, 2.05) is 38.1 Å². The number of hydrogen-bond acceptors (Lipinski definition) is 2. The van der Waals surface area contributed by atoms with Crippen molar-refractivity contribution in [3.63, 3.8) is 0 Å². The molecule has 2 N–H and O–H groups in total. The van der Waals surface area contributed by atoms with Crippen LogP contribution in [0.5, 0.6) is 5.75 Å². The fourth-order valence-corrected chi connectivity index (χ4v) is 2.69. The van der Waals surface area contributed by atoms with E-state index in [0.29, 0.717) is 5.11 Å². The van der Waals surface area contributed by atoms with Crippen LogP contribution in [0, 0.1) is 6.92 Å². The lowest BCUT2D eigenvalue weighted by Gasteiger charge is -2.20. The van der Waals surface area contributed by atoms with Crippen molar-refractivity contribution in [3.8, 4) is 5.75 Å². The van der Waals surface area contributed by atoms with E-state index in [0.717, 1.165) is 17.9 Å². The van der Waals surface area contributed by atoms with Gasteiger partial charge in [-0.15, -0.1) is 0 Å². The second-order valence-corrected chi connectivity index (χ2v) is 6.57. The lowest BCUT2D eigenvalue weighted by Crippen LogP contribution is -2.32. The van der Waals surface area contributed by atoms with Crippen LogP contribution < -0.4 is 15.4 Å². The number of nitrogens with one attached hydrogen (secondary N) is 2. The highest BCUT2D eigenvalue weighted by Crippen LogP contribution is 2.19. The van der Waals surface area contributed by atoms with Gasteiger partial charge < -0.3 is 15.4 Å². The smallest absolute Gasteiger partial charge is 0.171 e. The van der Waals surface area contributed by atoms with Crippen LogP contribution in [0.15, 0.2) is 48.5 Å². The van der Waals surface area contributed by atoms with E-state index in [1.165, 1.54) is 11.1 Å². The molecule has 0 saturated heterocycles. The van der Waals surface area contributed by atoms with Crippen LogP contribution >= 0.6 is 12.2 Å². The van der Waals surface area contributed by atoms with Gasteiger partial charge >= 0.3 is 0 Å². The van der Waals surface area contributed by atoms with Crippen molar-refractivity contribution in [2.75, 3.05) is 5.32 Å². The van der Waals surface area contributed by atoms with Gasteiger partial charge in [-0.2, -0.15) is 0 Å². The molecule has 0 aliphatic rings. The summed E-state index contributed by atoms with van der Waals surface area (Å²) >= 11 is 5.45. The predicted molar refractivity (Wildman–Crippen MR) is 106 cm³/mol. The molecule has 128 valence electrons. The number of ether oxygens (including phenoxy) is 1. The Morgan fingerprint density at radius 2 is 1.67 bits per heavy atom. The third kappa shape index (κ3) is 5.53. The number of thiocarbonyl (C=S) groups is 1. The average Bonchev–Trinajstić information content (AvgIpc) is 2.55. The first-order valence-electron chi connectivity index (χ1n) is 8.38. The molecule has 0 bridgehead atoms. The van der Waals surface area contributed by atoms with E-state index in [9.17, 15) is 0 Å². The summed E-state index contributed by atoms with van der Waals surface area (Å²) in [6.07, 6.45) is 1.14. The molecule has 0 heterocycles. The molecule has 0 unspecified atom stereocenters. The van der Waals surface area contributed by atoms with Crippen LogP contribution in [-0.4, -0.2) is 11.2 Å².